The van der Waals surface area contributed by atoms with Gasteiger partial charge in [0.1, 0.15) is 0 Å². The lowest BCUT2D eigenvalue weighted by Crippen LogP contribution is -2.35. The quantitative estimate of drug-likeness (QED) is 0.821. The van der Waals surface area contributed by atoms with Crippen molar-refractivity contribution in [1.82, 2.24) is 5.32 Å². The zero-order valence-electron chi connectivity index (χ0n) is 10.8. The summed E-state index contributed by atoms with van der Waals surface area (Å²) in [6.45, 7) is 7.10. The molecule has 17 heavy (non-hydrogen) atoms. The Morgan fingerprint density at radius 3 is 2.47 bits per heavy atom. The smallest absolute Gasteiger partial charge is 0.241 e. The van der Waals surface area contributed by atoms with Gasteiger partial charge in [-0.15, -0.1) is 0 Å². The van der Waals surface area contributed by atoms with Crippen LogP contribution in [0.2, 0.25) is 0 Å². The molecule has 3 heteroatoms. The molecular weight excluding hydrogens is 212 g/mol. The van der Waals surface area contributed by atoms with E-state index in [2.05, 4.69) is 29.7 Å². The second kappa shape index (κ2) is 4.88. The molecule has 0 aromatic heterocycles. The summed E-state index contributed by atoms with van der Waals surface area (Å²) < 4.78 is 0. The van der Waals surface area contributed by atoms with Crippen LogP contribution in [0.25, 0.3) is 0 Å². The summed E-state index contributed by atoms with van der Waals surface area (Å²) in [6.07, 6.45) is 2.03. The van der Waals surface area contributed by atoms with Crippen molar-refractivity contribution in [2.24, 2.45) is 0 Å². The van der Waals surface area contributed by atoms with E-state index >= 15 is 0 Å². The second-order valence-electron chi connectivity index (χ2n) is 4.91. The molecule has 1 fully saturated rings. The molecule has 3 nitrogen and oxygen atoms in total. The third-order valence-electron chi connectivity index (χ3n) is 3.30. The van der Waals surface area contributed by atoms with Crippen LogP contribution in [0.4, 0.5) is 5.69 Å². The fourth-order valence-electron chi connectivity index (χ4n) is 2.50. The van der Waals surface area contributed by atoms with Crippen molar-refractivity contribution in [2.75, 3.05) is 11.9 Å². The number of hydrogen-bond donors (Lipinski definition) is 2. The number of hydrogen-bond acceptors (Lipinski definition) is 2. The Kier molecular flexibility index (Phi) is 3.48. The number of nitrogens with one attached hydrogen (secondary N) is 2. The first-order valence-electron chi connectivity index (χ1n) is 6.20. The van der Waals surface area contributed by atoms with Gasteiger partial charge in [0, 0.05) is 5.69 Å². The minimum atomic E-state index is -0.0184. The van der Waals surface area contributed by atoms with Crippen LogP contribution in [0.3, 0.4) is 0 Å². The van der Waals surface area contributed by atoms with Gasteiger partial charge in [0.25, 0.3) is 0 Å². The average molecular weight is 232 g/mol. The van der Waals surface area contributed by atoms with E-state index in [9.17, 15) is 4.79 Å². The van der Waals surface area contributed by atoms with Gasteiger partial charge in [0.15, 0.2) is 0 Å². The molecule has 0 aliphatic carbocycles. The number of carbonyl (C=O) groups excluding carboxylic acids is 1. The highest BCUT2D eigenvalue weighted by Crippen LogP contribution is 2.22. The van der Waals surface area contributed by atoms with Crippen molar-refractivity contribution in [3.63, 3.8) is 0 Å². The average Bonchev–Trinajstić information content (AvgIpc) is 2.76. The van der Waals surface area contributed by atoms with Crippen LogP contribution >= 0.6 is 0 Å². The third-order valence-corrected chi connectivity index (χ3v) is 3.30. The van der Waals surface area contributed by atoms with Crippen LogP contribution in [-0.2, 0) is 4.79 Å². The molecule has 0 radical (unpaired) electrons. The second-order valence-corrected chi connectivity index (χ2v) is 4.91. The Morgan fingerprint density at radius 2 is 1.94 bits per heavy atom. The normalized spacial score (nSPS) is 19.4. The fraction of sp³-hybridized carbons (Fsp3) is 0.500. The highest BCUT2D eigenvalue weighted by molar-refractivity contribution is 5.96. The van der Waals surface area contributed by atoms with E-state index in [1.54, 1.807) is 0 Å². The van der Waals surface area contributed by atoms with Crippen molar-refractivity contribution >= 4 is 11.6 Å². The molecule has 92 valence electrons. The maximum Gasteiger partial charge on any atom is 0.241 e. The number of rotatable bonds is 2. The van der Waals surface area contributed by atoms with Gasteiger partial charge in [-0.25, -0.2) is 0 Å². The lowest BCUT2D eigenvalue weighted by molar-refractivity contribution is -0.117. The first-order chi connectivity index (χ1) is 8.08. The minimum Gasteiger partial charge on any atom is -0.324 e. The number of amides is 1. The first-order valence-corrected chi connectivity index (χ1v) is 6.20. The van der Waals surface area contributed by atoms with Gasteiger partial charge in [-0.1, -0.05) is 17.7 Å². The lowest BCUT2D eigenvalue weighted by atomic mass is 10.0. The molecule has 2 N–H and O–H groups in total. The van der Waals surface area contributed by atoms with E-state index < -0.39 is 0 Å². The molecule has 0 unspecified atom stereocenters. The summed E-state index contributed by atoms with van der Waals surface area (Å²) in [7, 11) is 0. The van der Waals surface area contributed by atoms with Crippen molar-refractivity contribution < 1.29 is 4.79 Å². The number of anilines is 1. The number of benzene rings is 1. The molecule has 0 saturated carbocycles. The van der Waals surface area contributed by atoms with Crippen molar-refractivity contribution in [1.29, 1.82) is 0 Å². The Labute approximate surface area is 103 Å². The Morgan fingerprint density at radius 1 is 1.29 bits per heavy atom. The van der Waals surface area contributed by atoms with Crippen LogP contribution in [-0.4, -0.2) is 18.5 Å². The molecule has 0 spiro atoms. The third kappa shape index (κ3) is 2.67. The molecule has 1 aliphatic rings. The highest BCUT2D eigenvalue weighted by Gasteiger charge is 2.22. The van der Waals surface area contributed by atoms with Crippen molar-refractivity contribution in [2.45, 2.75) is 39.7 Å². The summed E-state index contributed by atoms with van der Waals surface area (Å²) in [5.74, 6) is 0.0950. The molecule has 1 atom stereocenters. The molecule has 1 aromatic carbocycles. The van der Waals surface area contributed by atoms with Crippen LogP contribution in [0.15, 0.2) is 12.1 Å². The van der Waals surface area contributed by atoms with Gasteiger partial charge in [0.05, 0.1) is 6.04 Å². The van der Waals surface area contributed by atoms with Crippen LogP contribution in [0.1, 0.15) is 29.5 Å². The van der Waals surface area contributed by atoms with Gasteiger partial charge >= 0.3 is 0 Å². The predicted octanol–water partition coefficient (Wildman–Crippen LogP) is 2.30. The van der Waals surface area contributed by atoms with E-state index in [0.29, 0.717) is 0 Å². The molecule has 1 heterocycles. The summed E-state index contributed by atoms with van der Waals surface area (Å²) in [4.78, 5) is 12.0. The van der Waals surface area contributed by atoms with Crippen molar-refractivity contribution in [3.8, 4) is 0 Å². The van der Waals surface area contributed by atoms with Gasteiger partial charge in [0.2, 0.25) is 5.91 Å². The Balaban J connectivity index is 2.15. The molecule has 1 aliphatic heterocycles. The SMILES string of the molecule is Cc1cc(C)c(NC(=O)[C@H]2CCCN2)c(C)c1. The first kappa shape index (κ1) is 12.1. The van der Waals surface area contributed by atoms with Gasteiger partial charge < -0.3 is 10.6 Å². The molecule has 1 aromatic rings. The summed E-state index contributed by atoms with van der Waals surface area (Å²) in [5.41, 5.74) is 4.47. The van der Waals surface area contributed by atoms with E-state index in [0.717, 1.165) is 36.2 Å². The van der Waals surface area contributed by atoms with Gasteiger partial charge in [-0.2, -0.15) is 0 Å². The molecule has 2 rings (SSSR count). The maximum atomic E-state index is 12.0. The van der Waals surface area contributed by atoms with E-state index in [4.69, 9.17) is 0 Å². The largest absolute Gasteiger partial charge is 0.324 e. The van der Waals surface area contributed by atoms with E-state index in [1.807, 2.05) is 13.8 Å². The van der Waals surface area contributed by atoms with Crippen LogP contribution in [0.5, 0.6) is 0 Å². The summed E-state index contributed by atoms with van der Waals surface area (Å²) >= 11 is 0. The Bertz CT molecular complexity index is 411. The van der Waals surface area contributed by atoms with Gasteiger partial charge in [-0.05, 0) is 51.3 Å². The number of aryl methyl sites for hydroxylation is 3. The van der Waals surface area contributed by atoms with Gasteiger partial charge in [-0.3, -0.25) is 4.79 Å². The van der Waals surface area contributed by atoms with E-state index in [-0.39, 0.29) is 11.9 Å². The fourth-order valence-corrected chi connectivity index (χ4v) is 2.50. The topological polar surface area (TPSA) is 41.1 Å². The van der Waals surface area contributed by atoms with Crippen LogP contribution < -0.4 is 10.6 Å². The molecular formula is C14H20N2O. The monoisotopic (exact) mass is 232 g/mol. The minimum absolute atomic E-state index is 0.0184. The summed E-state index contributed by atoms with van der Waals surface area (Å²) in [5, 5.41) is 6.26. The predicted molar refractivity (Wildman–Crippen MR) is 70.3 cm³/mol. The standard InChI is InChI=1S/C14H20N2O/c1-9-7-10(2)13(11(3)8-9)16-14(17)12-5-4-6-15-12/h7-8,12,15H,4-6H2,1-3H3,(H,16,17)/t12-/m1/s1. The highest BCUT2D eigenvalue weighted by atomic mass is 16.2. The van der Waals surface area contributed by atoms with Crippen LogP contribution in [0, 0.1) is 20.8 Å². The molecule has 0 bridgehead atoms. The Hall–Kier alpha value is -1.35. The zero-order chi connectivity index (χ0) is 12.4. The van der Waals surface area contributed by atoms with E-state index in [1.165, 1.54) is 5.56 Å². The zero-order valence-corrected chi connectivity index (χ0v) is 10.8. The lowest BCUT2D eigenvalue weighted by Gasteiger charge is -2.15. The molecule has 1 saturated heterocycles. The summed E-state index contributed by atoms with van der Waals surface area (Å²) in [6, 6.07) is 4.19. The maximum absolute atomic E-state index is 12.0. The van der Waals surface area contributed by atoms with Crippen molar-refractivity contribution in [3.05, 3.63) is 28.8 Å². The molecule has 1 amide bonds. The number of carbonyl (C=O) groups is 1.